The van der Waals surface area contributed by atoms with E-state index in [-0.39, 0.29) is 17.7 Å². The summed E-state index contributed by atoms with van der Waals surface area (Å²) in [4.78, 5) is 36.0. The molecule has 1 saturated heterocycles. The number of nitrogens with zero attached hydrogens (tertiary/aromatic N) is 3. The first kappa shape index (κ1) is 21.8. The number of carbonyl (C=O) groups is 2. The van der Waals surface area contributed by atoms with Gasteiger partial charge in [0.15, 0.2) is 0 Å². The summed E-state index contributed by atoms with van der Waals surface area (Å²) in [6, 6.07) is 11.7. The van der Waals surface area contributed by atoms with Gasteiger partial charge in [-0.2, -0.15) is 0 Å². The molecule has 0 saturated carbocycles. The average Bonchev–Trinajstić information content (AvgIpc) is 3.19. The van der Waals surface area contributed by atoms with E-state index in [2.05, 4.69) is 4.98 Å². The highest BCUT2D eigenvalue weighted by Crippen LogP contribution is 2.49. The fourth-order valence-corrected chi connectivity index (χ4v) is 5.44. The van der Waals surface area contributed by atoms with Crippen LogP contribution in [0.1, 0.15) is 36.2 Å². The Hall–Kier alpha value is -3.03. The molecule has 2 unspecified atom stereocenters. The third-order valence-electron chi connectivity index (χ3n) is 6.80. The minimum atomic E-state index is -1.03. The smallest absolute Gasteiger partial charge is 0.328 e. The van der Waals surface area contributed by atoms with E-state index in [0.29, 0.717) is 24.4 Å². The lowest BCUT2D eigenvalue weighted by Crippen LogP contribution is -2.53. The Morgan fingerprint density at radius 1 is 1.21 bits per heavy atom. The molecule has 3 heterocycles. The number of urea groups is 1. The van der Waals surface area contributed by atoms with E-state index in [0.717, 1.165) is 34.3 Å². The number of halogens is 1. The van der Waals surface area contributed by atoms with Gasteiger partial charge < -0.3 is 15.0 Å². The first-order valence-corrected chi connectivity index (χ1v) is 11.5. The number of imide groups is 1. The van der Waals surface area contributed by atoms with Gasteiger partial charge in [-0.1, -0.05) is 23.7 Å². The van der Waals surface area contributed by atoms with Crippen molar-refractivity contribution in [2.45, 2.75) is 31.3 Å². The van der Waals surface area contributed by atoms with Crippen molar-refractivity contribution in [2.75, 3.05) is 27.2 Å². The summed E-state index contributed by atoms with van der Waals surface area (Å²) < 4.78 is 0. The van der Waals surface area contributed by atoms with Crippen LogP contribution in [0.25, 0.3) is 10.9 Å². The van der Waals surface area contributed by atoms with E-state index in [9.17, 15) is 14.7 Å². The van der Waals surface area contributed by atoms with Crippen LogP contribution in [0.3, 0.4) is 0 Å². The Labute approximate surface area is 197 Å². The number of hydrogen-bond donors (Lipinski definition) is 2. The Balaban J connectivity index is 1.67. The van der Waals surface area contributed by atoms with Gasteiger partial charge in [0.1, 0.15) is 17.3 Å². The van der Waals surface area contributed by atoms with Crippen molar-refractivity contribution in [3.8, 4) is 5.75 Å². The first-order valence-electron chi connectivity index (χ1n) is 11.1. The van der Waals surface area contributed by atoms with Crippen LogP contribution in [0.5, 0.6) is 5.75 Å². The van der Waals surface area contributed by atoms with Gasteiger partial charge in [0.2, 0.25) is 0 Å². The minimum Gasteiger partial charge on any atom is -0.508 e. The topological polar surface area (TPSA) is 79.9 Å². The van der Waals surface area contributed by atoms with Crippen LogP contribution < -0.4 is 0 Å². The number of fused-ring (bicyclic) bond motifs is 4. The summed E-state index contributed by atoms with van der Waals surface area (Å²) in [5.41, 5.74) is 2.45. The highest BCUT2D eigenvalue weighted by atomic mass is 35.5. The molecule has 2 N–H and O–H groups in total. The van der Waals surface area contributed by atoms with Crippen molar-refractivity contribution >= 4 is 34.4 Å². The molecule has 1 aromatic heterocycles. The highest BCUT2D eigenvalue weighted by molar-refractivity contribution is 6.31. The van der Waals surface area contributed by atoms with Gasteiger partial charge in [0.05, 0.1) is 0 Å². The zero-order chi connectivity index (χ0) is 23.5. The normalized spacial score (nSPS) is 22.4. The summed E-state index contributed by atoms with van der Waals surface area (Å²) in [6.45, 7) is 3.00. The number of amides is 3. The maximum atomic E-state index is 13.7. The molecular weight excluding hydrogens is 440 g/mol. The van der Waals surface area contributed by atoms with Gasteiger partial charge in [-0.15, -0.1) is 0 Å². The minimum absolute atomic E-state index is 0.112. The Bertz CT molecular complexity index is 1270. The summed E-state index contributed by atoms with van der Waals surface area (Å²) >= 11 is 6.31. The van der Waals surface area contributed by atoms with Gasteiger partial charge in [0.25, 0.3) is 5.91 Å². The third-order valence-corrected chi connectivity index (χ3v) is 7.04. The van der Waals surface area contributed by atoms with E-state index in [4.69, 9.17) is 11.6 Å². The zero-order valence-corrected chi connectivity index (χ0v) is 19.7. The summed E-state index contributed by atoms with van der Waals surface area (Å²) in [7, 11) is 3.94. The number of H-pyrrole nitrogens is 1. The second kappa shape index (κ2) is 7.78. The van der Waals surface area contributed by atoms with Crippen molar-refractivity contribution in [1.82, 2.24) is 19.7 Å². The lowest BCUT2D eigenvalue weighted by Gasteiger charge is -2.42. The lowest BCUT2D eigenvalue weighted by atomic mass is 9.81. The van der Waals surface area contributed by atoms with Gasteiger partial charge in [-0.25, -0.2) is 4.79 Å². The molecule has 0 aliphatic carbocycles. The van der Waals surface area contributed by atoms with Crippen LogP contribution in [0, 0.1) is 0 Å². The standard InChI is InChI=1S/C25H27ClN4O3/c1-25-14-19-18-13-16(26)8-9-20(18)27-21(19)22(15-6-4-7-17(31)12-15)30(25)24(33)29(23(25)32)11-5-10-28(2)3/h4,6-9,12-13,22,27,31H,5,10-11,14H2,1-3H3. The van der Waals surface area contributed by atoms with Crippen molar-refractivity contribution in [2.24, 2.45) is 0 Å². The van der Waals surface area contributed by atoms with E-state index in [1.54, 1.807) is 23.1 Å². The molecule has 5 rings (SSSR count). The molecule has 8 heteroatoms. The number of carbonyl (C=O) groups excluding carboxylic acids is 2. The number of aromatic hydroxyl groups is 1. The summed E-state index contributed by atoms with van der Waals surface area (Å²) in [5, 5.41) is 11.8. The molecule has 0 spiro atoms. The SMILES string of the molecule is CN(C)CCCN1C(=O)N2C(c3cccc(O)c3)c3[nH]c4ccc(Cl)cc4c3CC2(C)C1=O. The van der Waals surface area contributed by atoms with Crippen LogP contribution >= 0.6 is 11.6 Å². The molecule has 2 aromatic carbocycles. The third kappa shape index (κ3) is 3.38. The van der Waals surface area contributed by atoms with E-state index in [1.807, 2.05) is 50.2 Å². The van der Waals surface area contributed by atoms with Crippen molar-refractivity contribution in [3.63, 3.8) is 0 Å². The number of benzene rings is 2. The predicted molar refractivity (Wildman–Crippen MR) is 127 cm³/mol. The van der Waals surface area contributed by atoms with E-state index < -0.39 is 11.6 Å². The maximum absolute atomic E-state index is 13.7. The number of rotatable bonds is 5. The molecule has 2 aliphatic rings. The number of nitrogens with one attached hydrogen (secondary N) is 1. The van der Waals surface area contributed by atoms with Crippen LogP contribution in [0.15, 0.2) is 42.5 Å². The number of phenolic OH excluding ortho intramolecular Hbond substituents is 1. The van der Waals surface area contributed by atoms with Crippen molar-refractivity contribution in [3.05, 3.63) is 64.3 Å². The van der Waals surface area contributed by atoms with Crippen molar-refractivity contribution in [1.29, 1.82) is 0 Å². The fraction of sp³-hybridized carbons (Fsp3) is 0.360. The predicted octanol–water partition coefficient (Wildman–Crippen LogP) is 4.15. The summed E-state index contributed by atoms with van der Waals surface area (Å²) in [6.07, 6.45) is 1.10. The molecular formula is C25H27ClN4O3. The average molecular weight is 467 g/mol. The number of aromatic nitrogens is 1. The Kier molecular flexibility index (Phi) is 5.14. The van der Waals surface area contributed by atoms with Crippen LogP contribution in [0.4, 0.5) is 4.79 Å². The number of aromatic amines is 1. The molecule has 0 bridgehead atoms. The second-order valence-corrected chi connectivity index (χ2v) is 9.86. The van der Waals surface area contributed by atoms with Crippen LogP contribution in [-0.2, 0) is 11.2 Å². The number of phenols is 1. The Morgan fingerprint density at radius 2 is 2.00 bits per heavy atom. The lowest BCUT2D eigenvalue weighted by molar-refractivity contribution is -0.133. The van der Waals surface area contributed by atoms with Gasteiger partial charge in [-0.05, 0) is 75.4 Å². The molecule has 2 atom stereocenters. The van der Waals surface area contributed by atoms with Gasteiger partial charge in [0, 0.05) is 34.6 Å². The van der Waals surface area contributed by atoms with Crippen molar-refractivity contribution < 1.29 is 14.7 Å². The van der Waals surface area contributed by atoms with Gasteiger partial charge in [-0.3, -0.25) is 14.6 Å². The monoisotopic (exact) mass is 466 g/mol. The molecule has 3 amide bonds. The molecule has 3 aromatic rings. The molecule has 2 aliphatic heterocycles. The quantitative estimate of drug-likeness (QED) is 0.554. The molecule has 1 fully saturated rings. The second-order valence-electron chi connectivity index (χ2n) is 9.42. The first-order chi connectivity index (χ1) is 15.7. The summed E-state index contributed by atoms with van der Waals surface area (Å²) in [5.74, 6) is -0.0697. The van der Waals surface area contributed by atoms with Gasteiger partial charge >= 0.3 is 6.03 Å². The van der Waals surface area contributed by atoms with Crippen LogP contribution in [0.2, 0.25) is 5.02 Å². The van der Waals surface area contributed by atoms with E-state index >= 15 is 0 Å². The molecule has 0 radical (unpaired) electrons. The van der Waals surface area contributed by atoms with Crippen LogP contribution in [-0.4, -0.2) is 69.5 Å². The fourth-order valence-electron chi connectivity index (χ4n) is 5.27. The van der Waals surface area contributed by atoms with E-state index in [1.165, 1.54) is 4.90 Å². The number of hydrogen-bond acceptors (Lipinski definition) is 4. The molecule has 33 heavy (non-hydrogen) atoms. The maximum Gasteiger partial charge on any atom is 0.328 e. The molecule has 172 valence electrons. The molecule has 7 nitrogen and oxygen atoms in total. The highest BCUT2D eigenvalue weighted by Gasteiger charge is 2.60. The zero-order valence-electron chi connectivity index (χ0n) is 18.9. The Morgan fingerprint density at radius 3 is 2.73 bits per heavy atom. The largest absolute Gasteiger partial charge is 0.508 e.